The van der Waals surface area contributed by atoms with E-state index >= 15 is 0 Å². The van der Waals surface area contributed by atoms with Gasteiger partial charge in [-0.3, -0.25) is 0 Å². The minimum absolute atomic E-state index is 1.04. The van der Waals surface area contributed by atoms with Crippen molar-refractivity contribution in [3.05, 3.63) is 71.4 Å². The van der Waals surface area contributed by atoms with Crippen LogP contribution >= 0.6 is 0 Å². The van der Waals surface area contributed by atoms with Crippen molar-refractivity contribution in [3.63, 3.8) is 0 Å². The highest BCUT2D eigenvalue weighted by molar-refractivity contribution is 5.57. The Bertz CT molecular complexity index is 409. The summed E-state index contributed by atoms with van der Waals surface area (Å²) < 4.78 is 0. The summed E-state index contributed by atoms with van der Waals surface area (Å²) in [5.74, 6) is 0. The lowest BCUT2D eigenvalue weighted by molar-refractivity contribution is 1.25. The highest BCUT2D eigenvalue weighted by Crippen LogP contribution is 2.29. The molecule has 70 valence electrons. The van der Waals surface area contributed by atoms with Gasteiger partial charge in [-0.1, -0.05) is 43.0 Å². The summed E-state index contributed by atoms with van der Waals surface area (Å²) in [7, 11) is 0. The lowest BCUT2D eigenvalue weighted by Gasteiger charge is -1.99. The second-order valence-corrected chi connectivity index (χ2v) is 3.60. The molecule has 0 saturated heterocycles. The van der Waals surface area contributed by atoms with Gasteiger partial charge in [0, 0.05) is 0 Å². The fourth-order valence-corrected chi connectivity index (χ4v) is 1.77. The molecular weight excluding hydrogens is 168 g/mol. The predicted molar refractivity (Wildman–Crippen MR) is 62.0 cm³/mol. The van der Waals surface area contributed by atoms with Crippen LogP contribution in [0.2, 0.25) is 0 Å². The maximum atomic E-state index is 3.74. The van der Waals surface area contributed by atoms with E-state index in [9.17, 15) is 0 Å². The molecule has 0 nitrogen and oxygen atoms in total. The summed E-state index contributed by atoms with van der Waals surface area (Å²) >= 11 is 0. The summed E-state index contributed by atoms with van der Waals surface area (Å²) in [5.41, 5.74) is 5.36. The quantitative estimate of drug-likeness (QED) is 0.577. The van der Waals surface area contributed by atoms with Gasteiger partial charge < -0.3 is 0 Å². The predicted octanol–water partition coefficient (Wildman–Crippen LogP) is 3.87. The fourth-order valence-electron chi connectivity index (χ4n) is 1.77. The Morgan fingerprint density at radius 2 is 2.29 bits per heavy atom. The third-order valence-electron chi connectivity index (χ3n) is 2.64. The standard InChI is InChI=1S/C14H14/c1-3-5-13-10-14-7-4-6-12(14)9-8-11(13)2/h3-8,10H,1,9H2,2H3/b13-5-. The van der Waals surface area contributed by atoms with Crippen LogP contribution in [0.1, 0.15) is 13.3 Å². The largest absolute Gasteiger partial charge is 0.0990 e. The molecule has 0 saturated carbocycles. The minimum Gasteiger partial charge on any atom is -0.0990 e. The molecule has 0 amide bonds. The third kappa shape index (κ3) is 1.56. The van der Waals surface area contributed by atoms with Crippen molar-refractivity contribution in [1.29, 1.82) is 0 Å². The molecule has 0 spiro atoms. The zero-order valence-electron chi connectivity index (χ0n) is 8.46. The van der Waals surface area contributed by atoms with E-state index in [-0.39, 0.29) is 0 Å². The molecule has 2 aliphatic rings. The van der Waals surface area contributed by atoms with Crippen molar-refractivity contribution >= 4 is 0 Å². The van der Waals surface area contributed by atoms with Gasteiger partial charge in [0.05, 0.1) is 0 Å². The SMILES string of the molecule is C=C/C=C1/C=C2C=CC=C2CC=C1C. The van der Waals surface area contributed by atoms with Crippen molar-refractivity contribution in [2.75, 3.05) is 0 Å². The van der Waals surface area contributed by atoms with Gasteiger partial charge in [-0.15, -0.1) is 0 Å². The molecule has 14 heavy (non-hydrogen) atoms. The Balaban J connectivity index is 2.46. The van der Waals surface area contributed by atoms with E-state index in [1.54, 1.807) is 0 Å². The van der Waals surface area contributed by atoms with Crippen LogP contribution in [0.3, 0.4) is 0 Å². The Morgan fingerprint density at radius 1 is 1.43 bits per heavy atom. The summed E-state index contributed by atoms with van der Waals surface area (Å²) in [6, 6.07) is 0. The second kappa shape index (κ2) is 3.67. The Hall–Kier alpha value is -1.56. The lowest BCUT2D eigenvalue weighted by Crippen LogP contribution is -1.80. The summed E-state index contributed by atoms with van der Waals surface area (Å²) in [5, 5.41) is 0. The molecule has 0 aromatic carbocycles. The van der Waals surface area contributed by atoms with Crippen molar-refractivity contribution in [3.8, 4) is 0 Å². The minimum atomic E-state index is 1.04. The van der Waals surface area contributed by atoms with Crippen molar-refractivity contribution in [2.45, 2.75) is 13.3 Å². The molecule has 0 aromatic rings. The van der Waals surface area contributed by atoms with Crippen molar-refractivity contribution < 1.29 is 0 Å². The van der Waals surface area contributed by atoms with Gasteiger partial charge in [-0.2, -0.15) is 0 Å². The Labute approximate surface area is 85.3 Å². The maximum Gasteiger partial charge on any atom is -0.00856 e. The van der Waals surface area contributed by atoms with Crippen LogP contribution < -0.4 is 0 Å². The molecule has 0 unspecified atom stereocenters. The molecule has 0 bridgehead atoms. The molecular formula is C14H14. The first-order chi connectivity index (χ1) is 6.81. The van der Waals surface area contributed by atoms with E-state index in [2.05, 4.69) is 50.0 Å². The monoisotopic (exact) mass is 182 g/mol. The van der Waals surface area contributed by atoms with Crippen LogP contribution in [0.15, 0.2) is 71.4 Å². The summed E-state index contributed by atoms with van der Waals surface area (Å²) in [4.78, 5) is 0. The van der Waals surface area contributed by atoms with Crippen LogP contribution in [0.25, 0.3) is 0 Å². The van der Waals surface area contributed by atoms with Crippen LogP contribution in [0, 0.1) is 0 Å². The van der Waals surface area contributed by atoms with E-state index in [0.29, 0.717) is 0 Å². The molecule has 0 N–H and O–H groups in total. The Kier molecular flexibility index (Phi) is 2.36. The summed E-state index contributed by atoms with van der Waals surface area (Å²) in [6.07, 6.45) is 15.9. The van der Waals surface area contributed by atoms with E-state index in [1.165, 1.54) is 22.3 Å². The Morgan fingerprint density at radius 3 is 3.07 bits per heavy atom. The van der Waals surface area contributed by atoms with Crippen LogP contribution in [-0.2, 0) is 0 Å². The van der Waals surface area contributed by atoms with E-state index in [1.807, 2.05) is 6.08 Å². The average molecular weight is 182 g/mol. The molecule has 0 heterocycles. The third-order valence-corrected chi connectivity index (χ3v) is 2.64. The first-order valence-electron chi connectivity index (χ1n) is 4.90. The molecule has 0 heteroatoms. The average Bonchev–Trinajstić information content (AvgIpc) is 2.56. The fraction of sp³-hybridized carbons (Fsp3) is 0.143. The zero-order chi connectivity index (χ0) is 9.97. The molecule has 0 aromatic heterocycles. The van der Waals surface area contributed by atoms with Gasteiger partial charge in [0.25, 0.3) is 0 Å². The maximum absolute atomic E-state index is 3.74. The van der Waals surface area contributed by atoms with Gasteiger partial charge in [0.1, 0.15) is 0 Å². The number of allylic oxidation sites excluding steroid dienone is 11. The first kappa shape index (κ1) is 9.01. The van der Waals surface area contributed by atoms with Crippen molar-refractivity contribution in [2.24, 2.45) is 0 Å². The molecule has 0 fully saturated rings. The molecule has 0 atom stereocenters. The number of hydrogen-bond donors (Lipinski definition) is 0. The van der Waals surface area contributed by atoms with Gasteiger partial charge in [0.15, 0.2) is 0 Å². The number of hydrogen-bond acceptors (Lipinski definition) is 0. The lowest BCUT2D eigenvalue weighted by atomic mass is 10.1. The van der Waals surface area contributed by atoms with Crippen LogP contribution in [-0.4, -0.2) is 0 Å². The van der Waals surface area contributed by atoms with E-state index < -0.39 is 0 Å². The first-order valence-corrected chi connectivity index (χ1v) is 4.90. The topological polar surface area (TPSA) is 0 Å². The van der Waals surface area contributed by atoms with Crippen molar-refractivity contribution in [1.82, 2.24) is 0 Å². The van der Waals surface area contributed by atoms with Gasteiger partial charge >= 0.3 is 0 Å². The number of fused-ring (bicyclic) bond motifs is 1. The van der Waals surface area contributed by atoms with E-state index in [4.69, 9.17) is 0 Å². The summed E-state index contributed by atoms with van der Waals surface area (Å²) in [6.45, 7) is 5.89. The molecule has 0 aliphatic heterocycles. The van der Waals surface area contributed by atoms with Gasteiger partial charge in [0.2, 0.25) is 0 Å². The molecule has 2 aliphatic carbocycles. The molecule has 2 rings (SSSR count). The smallest absolute Gasteiger partial charge is 0.00856 e. The van der Waals surface area contributed by atoms with Gasteiger partial charge in [-0.25, -0.2) is 0 Å². The van der Waals surface area contributed by atoms with Crippen LogP contribution in [0.4, 0.5) is 0 Å². The normalized spacial score (nSPS) is 22.4. The molecule has 0 radical (unpaired) electrons. The second-order valence-electron chi connectivity index (χ2n) is 3.60. The van der Waals surface area contributed by atoms with E-state index in [0.717, 1.165) is 6.42 Å². The highest BCUT2D eigenvalue weighted by atomic mass is 14.1. The zero-order valence-corrected chi connectivity index (χ0v) is 8.46. The number of rotatable bonds is 1. The van der Waals surface area contributed by atoms with Gasteiger partial charge in [-0.05, 0) is 41.7 Å². The highest BCUT2D eigenvalue weighted by Gasteiger charge is 2.10. The van der Waals surface area contributed by atoms with Crippen LogP contribution in [0.5, 0.6) is 0 Å².